The minimum absolute atomic E-state index is 0.291. The SMILES string of the molecule is [O-]/C(=N\[n+]1cc(-c2ccccc2)nc2ccccc21)c1ccccc1. The smallest absolute Gasteiger partial charge is 0.263 e. The summed E-state index contributed by atoms with van der Waals surface area (Å²) in [5.74, 6) is -0.291. The van der Waals surface area contributed by atoms with E-state index < -0.39 is 0 Å². The van der Waals surface area contributed by atoms with Gasteiger partial charge in [0.15, 0.2) is 0 Å². The topological polar surface area (TPSA) is 52.2 Å². The summed E-state index contributed by atoms with van der Waals surface area (Å²) in [6, 6.07) is 26.6. The molecule has 0 aliphatic carbocycles. The van der Waals surface area contributed by atoms with Crippen LogP contribution in [-0.4, -0.2) is 10.9 Å². The van der Waals surface area contributed by atoms with Crippen molar-refractivity contribution in [3.8, 4) is 11.3 Å². The van der Waals surface area contributed by atoms with E-state index in [-0.39, 0.29) is 5.90 Å². The summed E-state index contributed by atoms with van der Waals surface area (Å²) in [5, 5.41) is 16.8. The summed E-state index contributed by atoms with van der Waals surface area (Å²) in [7, 11) is 0. The zero-order valence-electron chi connectivity index (χ0n) is 13.4. The molecule has 0 spiro atoms. The monoisotopic (exact) mass is 325 g/mol. The zero-order chi connectivity index (χ0) is 17.1. The van der Waals surface area contributed by atoms with E-state index in [1.54, 1.807) is 23.0 Å². The lowest BCUT2D eigenvalue weighted by Crippen LogP contribution is -2.35. The van der Waals surface area contributed by atoms with Crippen LogP contribution in [0.5, 0.6) is 0 Å². The Labute approximate surface area is 145 Å². The maximum Gasteiger partial charge on any atom is 0.263 e. The molecule has 0 saturated heterocycles. The summed E-state index contributed by atoms with van der Waals surface area (Å²) >= 11 is 0. The van der Waals surface area contributed by atoms with Crippen LogP contribution in [-0.2, 0) is 0 Å². The van der Waals surface area contributed by atoms with Gasteiger partial charge in [-0.2, -0.15) is 0 Å². The molecule has 0 saturated carbocycles. The molecular formula is C21H15N3O. The second kappa shape index (κ2) is 6.53. The Bertz CT molecular complexity index is 1040. The van der Waals surface area contributed by atoms with Crippen LogP contribution in [0.3, 0.4) is 0 Å². The molecular weight excluding hydrogens is 310 g/mol. The van der Waals surface area contributed by atoms with Crippen LogP contribution < -0.4 is 9.78 Å². The van der Waals surface area contributed by atoms with E-state index in [4.69, 9.17) is 4.98 Å². The Morgan fingerprint density at radius 1 is 0.800 bits per heavy atom. The first-order chi connectivity index (χ1) is 12.3. The van der Waals surface area contributed by atoms with Crippen molar-refractivity contribution in [2.45, 2.75) is 0 Å². The lowest BCUT2D eigenvalue weighted by atomic mass is 10.1. The Morgan fingerprint density at radius 3 is 2.20 bits per heavy atom. The summed E-state index contributed by atoms with van der Waals surface area (Å²) in [6.45, 7) is 0. The normalized spacial score (nSPS) is 11.6. The van der Waals surface area contributed by atoms with Gasteiger partial charge in [-0.05, 0) is 21.4 Å². The van der Waals surface area contributed by atoms with Crippen molar-refractivity contribution in [3.63, 3.8) is 0 Å². The fourth-order valence-electron chi connectivity index (χ4n) is 2.66. The third-order valence-electron chi connectivity index (χ3n) is 3.90. The number of nitrogens with zero attached hydrogens (tertiary/aromatic N) is 3. The third kappa shape index (κ3) is 3.10. The highest BCUT2D eigenvalue weighted by Crippen LogP contribution is 2.17. The molecule has 4 nitrogen and oxygen atoms in total. The Hall–Kier alpha value is -3.53. The van der Waals surface area contributed by atoms with Crippen molar-refractivity contribution in [1.82, 2.24) is 4.98 Å². The van der Waals surface area contributed by atoms with Crippen LogP contribution in [0.2, 0.25) is 0 Å². The van der Waals surface area contributed by atoms with Crippen molar-refractivity contribution in [1.29, 1.82) is 0 Å². The van der Waals surface area contributed by atoms with Crippen molar-refractivity contribution in [2.75, 3.05) is 0 Å². The molecule has 0 aliphatic rings. The second-order valence-corrected chi connectivity index (χ2v) is 5.60. The van der Waals surface area contributed by atoms with Gasteiger partial charge in [-0.3, -0.25) is 0 Å². The predicted octanol–water partition coefficient (Wildman–Crippen LogP) is 2.76. The molecule has 120 valence electrons. The lowest BCUT2D eigenvalue weighted by Gasteiger charge is -2.07. The fraction of sp³-hybridized carbons (Fsp3) is 0. The van der Waals surface area contributed by atoms with Crippen LogP contribution in [0, 0.1) is 0 Å². The number of para-hydroxylation sites is 2. The number of rotatable bonds is 3. The maximum absolute atomic E-state index is 12.5. The summed E-state index contributed by atoms with van der Waals surface area (Å²) in [4.78, 5) is 4.69. The van der Waals surface area contributed by atoms with Crippen molar-refractivity contribution < 1.29 is 9.78 Å². The van der Waals surface area contributed by atoms with Gasteiger partial charge in [-0.15, -0.1) is 0 Å². The van der Waals surface area contributed by atoms with Gasteiger partial charge < -0.3 is 5.11 Å². The van der Waals surface area contributed by atoms with E-state index in [1.807, 2.05) is 72.8 Å². The zero-order valence-corrected chi connectivity index (χ0v) is 13.4. The summed E-state index contributed by atoms with van der Waals surface area (Å²) in [6.07, 6.45) is 1.79. The largest absolute Gasteiger partial charge is 0.854 e. The number of hydrogen-bond donors (Lipinski definition) is 0. The van der Waals surface area contributed by atoms with E-state index >= 15 is 0 Å². The molecule has 0 aliphatic heterocycles. The molecule has 0 N–H and O–H groups in total. The van der Waals surface area contributed by atoms with Gasteiger partial charge in [0, 0.05) is 11.6 Å². The molecule has 0 radical (unpaired) electrons. The van der Waals surface area contributed by atoms with Gasteiger partial charge in [0.05, 0.1) is 5.90 Å². The molecule has 4 rings (SSSR count). The summed E-state index contributed by atoms with van der Waals surface area (Å²) < 4.78 is 1.61. The molecule has 1 aromatic heterocycles. The molecule has 4 heteroatoms. The Balaban J connectivity index is 1.90. The minimum Gasteiger partial charge on any atom is -0.854 e. The lowest BCUT2D eigenvalue weighted by molar-refractivity contribution is -0.655. The third-order valence-corrected chi connectivity index (χ3v) is 3.90. The quantitative estimate of drug-likeness (QED) is 0.330. The van der Waals surface area contributed by atoms with Gasteiger partial charge in [-0.25, -0.2) is 4.98 Å². The highest BCUT2D eigenvalue weighted by atomic mass is 16.3. The van der Waals surface area contributed by atoms with Gasteiger partial charge in [0.2, 0.25) is 6.20 Å². The molecule has 0 unspecified atom stereocenters. The van der Waals surface area contributed by atoms with Gasteiger partial charge in [-0.1, -0.05) is 72.8 Å². The van der Waals surface area contributed by atoms with Crippen LogP contribution in [0.1, 0.15) is 5.56 Å². The van der Waals surface area contributed by atoms with Crippen LogP contribution in [0.15, 0.2) is 96.2 Å². The number of hydrogen-bond acceptors (Lipinski definition) is 3. The molecule has 1 heterocycles. The number of benzene rings is 3. The molecule has 0 bridgehead atoms. The van der Waals surface area contributed by atoms with Crippen LogP contribution in [0.25, 0.3) is 22.3 Å². The molecule has 0 fully saturated rings. The number of aromatic nitrogens is 2. The van der Waals surface area contributed by atoms with Crippen LogP contribution >= 0.6 is 0 Å². The molecule has 0 atom stereocenters. The van der Waals surface area contributed by atoms with E-state index in [1.165, 1.54) is 0 Å². The second-order valence-electron chi connectivity index (χ2n) is 5.60. The van der Waals surface area contributed by atoms with Gasteiger partial charge >= 0.3 is 0 Å². The van der Waals surface area contributed by atoms with Crippen molar-refractivity contribution >= 4 is 16.9 Å². The molecule has 0 amide bonds. The average molecular weight is 325 g/mol. The molecule has 4 aromatic rings. The maximum atomic E-state index is 12.5. The minimum atomic E-state index is -0.291. The Morgan fingerprint density at radius 2 is 1.44 bits per heavy atom. The van der Waals surface area contributed by atoms with E-state index in [0.717, 1.165) is 22.3 Å². The first-order valence-corrected chi connectivity index (χ1v) is 7.99. The number of fused-ring (bicyclic) bond motifs is 1. The average Bonchev–Trinajstić information content (AvgIpc) is 2.69. The standard InChI is InChI=1S/C21H15N3O/c25-21(17-11-5-2-6-12-17)23-24-15-19(16-9-3-1-4-10-16)22-18-13-7-8-14-20(18)24/h1-15H. The predicted molar refractivity (Wildman–Crippen MR) is 95.8 cm³/mol. The van der Waals surface area contributed by atoms with E-state index in [9.17, 15) is 5.11 Å². The van der Waals surface area contributed by atoms with Gasteiger partial charge in [0.1, 0.15) is 11.2 Å². The fourth-order valence-corrected chi connectivity index (χ4v) is 2.66. The molecule has 25 heavy (non-hydrogen) atoms. The van der Waals surface area contributed by atoms with E-state index in [2.05, 4.69) is 5.10 Å². The molecule has 3 aromatic carbocycles. The van der Waals surface area contributed by atoms with Crippen LogP contribution in [0.4, 0.5) is 0 Å². The van der Waals surface area contributed by atoms with E-state index in [0.29, 0.717) is 5.56 Å². The van der Waals surface area contributed by atoms with Crippen molar-refractivity contribution in [2.24, 2.45) is 5.10 Å². The van der Waals surface area contributed by atoms with Gasteiger partial charge in [0.25, 0.3) is 5.52 Å². The first-order valence-electron chi connectivity index (χ1n) is 7.99. The summed E-state index contributed by atoms with van der Waals surface area (Å²) in [5.41, 5.74) is 3.87. The van der Waals surface area contributed by atoms with Crippen molar-refractivity contribution in [3.05, 3.63) is 96.7 Å². The highest BCUT2D eigenvalue weighted by Gasteiger charge is 2.14. The first kappa shape index (κ1) is 15.0. The highest BCUT2D eigenvalue weighted by molar-refractivity contribution is 5.90. The Kier molecular flexibility index (Phi) is 3.92.